The minimum atomic E-state index is 0.00982. The lowest BCUT2D eigenvalue weighted by atomic mass is 9.99. The van der Waals surface area contributed by atoms with E-state index in [1.54, 1.807) is 12.4 Å². The summed E-state index contributed by atoms with van der Waals surface area (Å²) in [6.45, 7) is 4.00. The number of hydrogen-bond acceptors (Lipinski definition) is 4. The van der Waals surface area contributed by atoms with E-state index in [-0.39, 0.29) is 11.9 Å². The standard InChI is InChI=1S/C26H33N3O2/c1-18-14-20(16-27-15-18)26(30)28-23-10-11-24-22(23)12-13-29(24)17-19-6-2-5-9-25(19)31-21-7-3-4-8-21/h2,5-6,9,14-16,21-24H,3-4,7-8,10-13,17H2,1H3,(H,28,30)/t22-,23-,24+/m0/s1. The molecule has 1 amide bonds. The number of rotatable bonds is 6. The topological polar surface area (TPSA) is 54.5 Å². The number of ether oxygens (including phenoxy) is 1. The molecular formula is C26H33N3O2. The van der Waals surface area contributed by atoms with Gasteiger partial charge in [0.15, 0.2) is 0 Å². The molecule has 31 heavy (non-hydrogen) atoms. The number of hydrogen-bond donors (Lipinski definition) is 1. The molecular weight excluding hydrogens is 386 g/mol. The number of pyridine rings is 1. The van der Waals surface area contributed by atoms with Gasteiger partial charge in [-0.1, -0.05) is 18.2 Å². The minimum absolute atomic E-state index is 0.00982. The third-order valence-electron chi connectivity index (χ3n) is 7.40. The number of likely N-dealkylation sites (tertiary alicyclic amines) is 1. The van der Waals surface area contributed by atoms with Gasteiger partial charge in [0.25, 0.3) is 5.91 Å². The highest BCUT2D eigenvalue weighted by Crippen LogP contribution is 2.40. The summed E-state index contributed by atoms with van der Waals surface area (Å²) in [5, 5.41) is 3.31. The maximum atomic E-state index is 12.7. The number of nitrogens with one attached hydrogen (secondary N) is 1. The van der Waals surface area contributed by atoms with Crippen LogP contribution in [0.25, 0.3) is 0 Å². The second-order valence-corrected chi connectivity index (χ2v) is 9.53. The molecule has 2 saturated carbocycles. The highest BCUT2D eigenvalue weighted by atomic mass is 16.5. The predicted octanol–water partition coefficient (Wildman–Crippen LogP) is 4.49. The van der Waals surface area contributed by atoms with Crippen LogP contribution in [-0.4, -0.2) is 40.5 Å². The zero-order valence-electron chi connectivity index (χ0n) is 18.4. The van der Waals surface area contributed by atoms with E-state index in [0.29, 0.717) is 23.6 Å². The summed E-state index contributed by atoms with van der Waals surface area (Å²) in [6.07, 6.45) is 12.1. The van der Waals surface area contributed by atoms with Gasteiger partial charge in [-0.3, -0.25) is 14.7 Å². The maximum absolute atomic E-state index is 12.7. The van der Waals surface area contributed by atoms with Crippen molar-refractivity contribution < 1.29 is 9.53 Å². The van der Waals surface area contributed by atoms with E-state index < -0.39 is 0 Å². The Labute approximate surface area is 185 Å². The van der Waals surface area contributed by atoms with Gasteiger partial charge in [0, 0.05) is 36.6 Å². The molecule has 1 N–H and O–H groups in total. The van der Waals surface area contributed by atoms with E-state index in [2.05, 4.69) is 39.5 Å². The van der Waals surface area contributed by atoms with Gasteiger partial charge in [0.05, 0.1) is 11.7 Å². The van der Waals surface area contributed by atoms with Crippen LogP contribution in [-0.2, 0) is 6.54 Å². The predicted molar refractivity (Wildman–Crippen MR) is 121 cm³/mol. The molecule has 5 heteroatoms. The quantitative estimate of drug-likeness (QED) is 0.749. The molecule has 3 atom stereocenters. The van der Waals surface area contributed by atoms with E-state index in [9.17, 15) is 4.79 Å². The van der Waals surface area contributed by atoms with Crippen molar-refractivity contribution in [1.29, 1.82) is 0 Å². The van der Waals surface area contributed by atoms with Gasteiger partial charge in [0.2, 0.25) is 0 Å². The average molecular weight is 420 g/mol. The Morgan fingerprint density at radius 1 is 1.13 bits per heavy atom. The molecule has 1 saturated heterocycles. The average Bonchev–Trinajstić information content (AvgIpc) is 3.50. The number of nitrogens with zero attached hydrogens (tertiary/aromatic N) is 2. The van der Waals surface area contributed by atoms with Gasteiger partial charge in [-0.25, -0.2) is 0 Å². The van der Waals surface area contributed by atoms with Crippen LogP contribution in [0.1, 0.15) is 66.4 Å². The fourth-order valence-corrected chi connectivity index (χ4v) is 5.83. The normalized spacial score (nSPS) is 26.2. The van der Waals surface area contributed by atoms with Crippen LogP contribution >= 0.6 is 0 Å². The van der Waals surface area contributed by atoms with Crippen molar-refractivity contribution in [2.24, 2.45) is 5.92 Å². The largest absolute Gasteiger partial charge is 0.490 e. The lowest BCUT2D eigenvalue weighted by Crippen LogP contribution is -2.39. The van der Waals surface area contributed by atoms with Crippen LogP contribution in [0.2, 0.25) is 0 Å². The second-order valence-electron chi connectivity index (χ2n) is 9.53. The van der Waals surface area contributed by atoms with Crippen molar-refractivity contribution in [2.45, 2.75) is 76.6 Å². The first kappa shape index (κ1) is 20.5. The highest BCUT2D eigenvalue weighted by molar-refractivity contribution is 5.94. The molecule has 2 heterocycles. The van der Waals surface area contributed by atoms with Crippen LogP contribution in [0.5, 0.6) is 5.75 Å². The first-order valence-corrected chi connectivity index (χ1v) is 11.9. The summed E-state index contributed by atoms with van der Waals surface area (Å²) in [6, 6.07) is 11.3. The zero-order valence-corrected chi connectivity index (χ0v) is 18.4. The summed E-state index contributed by atoms with van der Waals surface area (Å²) >= 11 is 0. The fourth-order valence-electron chi connectivity index (χ4n) is 5.83. The second kappa shape index (κ2) is 8.99. The van der Waals surface area contributed by atoms with Gasteiger partial charge < -0.3 is 10.1 Å². The molecule has 2 aliphatic carbocycles. The number of aromatic nitrogens is 1. The number of fused-ring (bicyclic) bond motifs is 1. The van der Waals surface area contributed by atoms with E-state index in [1.807, 2.05) is 13.0 Å². The molecule has 5 nitrogen and oxygen atoms in total. The molecule has 164 valence electrons. The van der Waals surface area contributed by atoms with Crippen LogP contribution < -0.4 is 10.1 Å². The van der Waals surface area contributed by atoms with Crippen molar-refractivity contribution in [3.63, 3.8) is 0 Å². The van der Waals surface area contributed by atoms with Crippen molar-refractivity contribution in [3.05, 3.63) is 59.4 Å². The van der Waals surface area contributed by atoms with Crippen molar-refractivity contribution in [2.75, 3.05) is 6.54 Å². The number of carbonyl (C=O) groups is 1. The highest BCUT2D eigenvalue weighted by Gasteiger charge is 2.44. The number of aryl methyl sites for hydroxylation is 1. The Bertz CT molecular complexity index is 924. The molecule has 1 aromatic carbocycles. The van der Waals surface area contributed by atoms with Gasteiger partial charge >= 0.3 is 0 Å². The Balaban J connectivity index is 1.22. The SMILES string of the molecule is Cc1cncc(C(=O)N[C@H]2CC[C@@H]3[C@H]2CCN3Cc2ccccc2OC2CCCC2)c1. The van der Waals surface area contributed by atoms with Crippen molar-refractivity contribution in [3.8, 4) is 5.75 Å². The van der Waals surface area contributed by atoms with Crippen LogP contribution in [0, 0.1) is 12.8 Å². The van der Waals surface area contributed by atoms with Crippen LogP contribution in [0.3, 0.4) is 0 Å². The zero-order chi connectivity index (χ0) is 21.2. The monoisotopic (exact) mass is 419 g/mol. The van der Waals surface area contributed by atoms with Gasteiger partial charge in [0.1, 0.15) is 5.75 Å². The van der Waals surface area contributed by atoms with Crippen LogP contribution in [0.15, 0.2) is 42.7 Å². The smallest absolute Gasteiger partial charge is 0.253 e. The summed E-state index contributed by atoms with van der Waals surface area (Å²) in [5.74, 6) is 1.60. The Hall–Kier alpha value is -2.40. The first-order valence-electron chi connectivity index (χ1n) is 11.9. The number of para-hydroxylation sites is 1. The molecule has 0 unspecified atom stereocenters. The minimum Gasteiger partial charge on any atom is -0.490 e. The number of amides is 1. The molecule has 0 spiro atoms. The van der Waals surface area contributed by atoms with E-state index >= 15 is 0 Å². The maximum Gasteiger partial charge on any atom is 0.253 e. The molecule has 2 aromatic rings. The lowest BCUT2D eigenvalue weighted by molar-refractivity contribution is 0.0926. The van der Waals surface area contributed by atoms with Gasteiger partial charge in [-0.05, 0) is 82.0 Å². The molecule has 1 aliphatic heterocycles. The Morgan fingerprint density at radius 3 is 2.81 bits per heavy atom. The van der Waals surface area contributed by atoms with E-state index in [0.717, 1.165) is 43.7 Å². The summed E-state index contributed by atoms with van der Waals surface area (Å²) in [7, 11) is 0. The van der Waals surface area contributed by atoms with Crippen LogP contribution in [0.4, 0.5) is 0 Å². The van der Waals surface area contributed by atoms with Gasteiger partial charge in [-0.15, -0.1) is 0 Å². The van der Waals surface area contributed by atoms with E-state index in [4.69, 9.17) is 4.74 Å². The third kappa shape index (κ3) is 4.47. The lowest BCUT2D eigenvalue weighted by Gasteiger charge is -2.26. The van der Waals surface area contributed by atoms with E-state index in [1.165, 1.54) is 31.2 Å². The Kier molecular flexibility index (Phi) is 5.95. The van der Waals surface area contributed by atoms with Crippen molar-refractivity contribution in [1.82, 2.24) is 15.2 Å². The Morgan fingerprint density at radius 2 is 1.97 bits per heavy atom. The molecule has 5 rings (SSSR count). The summed E-state index contributed by atoms with van der Waals surface area (Å²) < 4.78 is 6.37. The molecule has 3 aliphatic rings. The molecule has 0 bridgehead atoms. The summed E-state index contributed by atoms with van der Waals surface area (Å²) in [5.41, 5.74) is 2.98. The molecule has 0 radical (unpaired) electrons. The van der Waals surface area contributed by atoms with Gasteiger partial charge in [-0.2, -0.15) is 0 Å². The number of benzene rings is 1. The first-order chi connectivity index (χ1) is 15.2. The summed E-state index contributed by atoms with van der Waals surface area (Å²) in [4.78, 5) is 19.5. The third-order valence-corrected chi connectivity index (χ3v) is 7.40. The number of carbonyl (C=O) groups excluding carboxylic acids is 1. The fraction of sp³-hybridized carbons (Fsp3) is 0.538. The molecule has 3 fully saturated rings. The van der Waals surface area contributed by atoms with Crippen molar-refractivity contribution >= 4 is 5.91 Å². The molecule has 1 aromatic heterocycles.